The van der Waals surface area contributed by atoms with Gasteiger partial charge in [-0.05, 0) is 36.3 Å². The molecule has 5 heteroatoms. The Morgan fingerprint density at radius 3 is 2.29 bits per heavy atom. The van der Waals surface area contributed by atoms with E-state index in [1.807, 2.05) is 26.0 Å². The maximum Gasteiger partial charge on any atom is 0.196 e. The summed E-state index contributed by atoms with van der Waals surface area (Å²) >= 11 is 0. The normalized spacial score (nSPS) is 10.4. The lowest BCUT2D eigenvalue weighted by Crippen LogP contribution is -1.92. The molecule has 14 heavy (non-hydrogen) atoms. The van der Waals surface area contributed by atoms with Crippen LogP contribution in [0.1, 0.15) is 11.4 Å². The molecule has 0 saturated carbocycles. The van der Waals surface area contributed by atoms with E-state index in [9.17, 15) is 0 Å². The van der Waals surface area contributed by atoms with Gasteiger partial charge in [0.05, 0.1) is 0 Å². The standard InChI is InChI=1S/C9H10N4O/c1-5-3-7(4-6(2)11-5)8-9(10)13-14-12-8/h3-4H,1-2H3,(H2,10,13). The molecule has 0 saturated heterocycles. The van der Waals surface area contributed by atoms with Crippen LogP contribution in [0.3, 0.4) is 0 Å². The van der Waals surface area contributed by atoms with Crippen LogP contribution in [0.5, 0.6) is 0 Å². The molecular weight excluding hydrogens is 180 g/mol. The number of aryl methyl sites for hydroxylation is 2. The lowest BCUT2D eigenvalue weighted by molar-refractivity contribution is 0.310. The van der Waals surface area contributed by atoms with Crippen LogP contribution in [-0.2, 0) is 0 Å². The van der Waals surface area contributed by atoms with Crippen molar-refractivity contribution in [3.63, 3.8) is 0 Å². The van der Waals surface area contributed by atoms with Crippen LogP contribution in [0.4, 0.5) is 5.82 Å². The zero-order valence-corrected chi connectivity index (χ0v) is 7.98. The van der Waals surface area contributed by atoms with Gasteiger partial charge in [-0.25, -0.2) is 4.63 Å². The first kappa shape index (κ1) is 8.68. The van der Waals surface area contributed by atoms with E-state index in [1.165, 1.54) is 0 Å². The molecule has 72 valence electrons. The van der Waals surface area contributed by atoms with Gasteiger partial charge in [-0.1, -0.05) is 0 Å². The van der Waals surface area contributed by atoms with E-state index >= 15 is 0 Å². The van der Waals surface area contributed by atoms with Gasteiger partial charge < -0.3 is 5.73 Å². The molecule has 2 rings (SSSR count). The Bertz CT molecular complexity index is 443. The number of nitrogens with zero attached hydrogens (tertiary/aromatic N) is 3. The van der Waals surface area contributed by atoms with Crippen LogP contribution in [-0.4, -0.2) is 15.3 Å². The Morgan fingerprint density at radius 2 is 1.79 bits per heavy atom. The molecule has 0 spiro atoms. The second kappa shape index (κ2) is 3.10. The number of pyridine rings is 1. The number of nitrogen functional groups attached to an aromatic ring is 1. The molecule has 0 unspecified atom stereocenters. The van der Waals surface area contributed by atoms with Crippen molar-refractivity contribution >= 4 is 5.82 Å². The summed E-state index contributed by atoms with van der Waals surface area (Å²) in [7, 11) is 0. The Hall–Kier alpha value is -1.91. The molecule has 0 aromatic carbocycles. The minimum absolute atomic E-state index is 0.301. The molecule has 2 aromatic heterocycles. The zero-order chi connectivity index (χ0) is 10.1. The van der Waals surface area contributed by atoms with Crippen molar-refractivity contribution in [2.24, 2.45) is 0 Å². The van der Waals surface area contributed by atoms with Crippen molar-refractivity contribution < 1.29 is 4.63 Å². The van der Waals surface area contributed by atoms with E-state index in [0.717, 1.165) is 17.0 Å². The van der Waals surface area contributed by atoms with Gasteiger partial charge >= 0.3 is 0 Å². The summed E-state index contributed by atoms with van der Waals surface area (Å²) in [5.74, 6) is 0.301. The summed E-state index contributed by atoms with van der Waals surface area (Å²) in [6.45, 7) is 3.83. The van der Waals surface area contributed by atoms with Gasteiger partial charge in [0, 0.05) is 17.0 Å². The largest absolute Gasteiger partial charge is 0.379 e. The highest BCUT2D eigenvalue weighted by molar-refractivity contribution is 5.69. The zero-order valence-electron chi connectivity index (χ0n) is 7.98. The van der Waals surface area contributed by atoms with Gasteiger partial charge in [0.2, 0.25) is 0 Å². The molecule has 2 N–H and O–H groups in total. The monoisotopic (exact) mass is 190 g/mol. The average molecular weight is 190 g/mol. The smallest absolute Gasteiger partial charge is 0.196 e. The lowest BCUT2D eigenvalue weighted by Gasteiger charge is -2.00. The number of hydrogen-bond donors (Lipinski definition) is 1. The second-order valence-corrected chi connectivity index (χ2v) is 3.14. The quantitative estimate of drug-likeness (QED) is 0.733. The summed E-state index contributed by atoms with van der Waals surface area (Å²) in [6, 6.07) is 3.78. The Morgan fingerprint density at radius 1 is 1.14 bits per heavy atom. The third kappa shape index (κ3) is 1.44. The summed E-state index contributed by atoms with van der Waals surface area (Å²) in [5.41, 5.74) is 8.87. The minimum Gasteiger partial charge on any atom is -0.379 e. The highest BCUT2D eigenvalue weighted by Gasteiger charge is 2.09. The second-order valence-electron chi connectivity index (χ2n) is 3.14. The highest BCUT2D eigenvalue weighted by atomic mass is 16.6. The molecular formula is C9H10N4O. The van der Waals surface area contributed by atoms with Crippen molar-refractivity contribution in [2.75, 3.05) is 5.73 Å². The Labute approximate surface area is 80.9 Å². The van der Waals surface area contributed by atoms with Crippen LogP contribution in [0.25, 0.3) is 11.3 Å². The predicted molar refractivity (Wildman–Crippen MR) is 51.4 cm³/mol. The van der Waals surface area contributed by atoms with Crippen molar-refractivity contribution in [1.29, 1.82) is 0 Å². The number of anilines is 1. The van der Waals surface area contributed by atoms with Gasteiger partial charge in [0.25, 0.3) is 0 Å². The van der Waals surface area contributed by atoms with Gasteiger partial charge in [0.1, 0.15) is 0 Å². The molecule has 5 nitrogen and oxygen atoms in total. The summed E-state index contributed by atoms with van der Waals surface area (Å²) in [6.07, 6.45) is 0. The van der Waals surface area contributed by atoms with Crippen molar-refractivity contribution in [3.8, 4) is 11.3 Å². The van der Waals surface area contributed by atoms with Crippen LogP contribution >= 0.6 is 0 Å². The first-order valence-electron chi connectivity index (χ1n) is 4.20. The van der Waals surface area contributed by atoms with Crippen LogP contribution in [0.2, 0.25) is 0 Å². The van der Waals surface area contributed by atoms with Gasteiger partial charge in [0.15, 0.2) is 11.5 Å². The lowest BCUT2D eigenvalue weighted by atomic mass is 10.1. The number of nitrogens with two attached hydrogens (primary N) is 1. The molecule has 0 aliphatic rings. The summed E-state index contributed by atoms with van der Waals surface area (Å²) in [5, 5.41) is 7.25. The first-order valence-corrected chi connectivity index (χ1v) is 4.20. The fraction of sp³-hybridized carbons (Fsp3) is 0.222. The molecule has 2 heterocycles. The summed E-state index contributed by atoms with van der Waals surface area (Å²) < 4.78 is 4.53. The van der Waals surface area contributed by atoms with E-state index in [-0.39, 0.29) is 0 Å². The number of rotatable bonds is 1. The highest BCUT2D eigenvalue weighted by Crippen LogP contribution is 2.22. The van der Waals surface area contributed by atoms with E-state index in [1.54, 1.807) is 0 Å². The molecule has 0 aliphatic carbocycles. The van der Waals surface area contributed by atoms with Crippen LogP contribution < -0.4 is 5.73 Å². The first-order chi connectivity index (χ1) is 6.66. The molecule has 0 amide bonds. The minimum atomic E-state index is 0.301. The molecule has 0 aliphatic heterocycles. The number of hydrogen-bond acceptors (Lipinski definition) is 5. The summed E-state index contributed by atoms with van der Waals surface area (Å²) in [4.78, 5) is 4.25. The van der Waals surface area contributed by atoms with E-state index in [4.69, 9.17) is 5.73 Å². The molecule has 0 bridgehead atoms. The average Bonchev–Trinajstić information content (AvgIpc) is 2.49. The van der Waals surface area contributed by atoms with E-state index in [2.05, 4.69) is 19.9 Å². The SMILES string of the molecule is Cc1cc(-c2nonc2N)cc(C)n1. The maximum atomic E-state index is 5.58. The van der Waals surface area contributed by atoms with Crippen molar-refractivity contribution in [1.82, 2.24) is 15.3 Å². The third-order valence-corrected chi connectivity index (χ3v) is 1.87. The molecule has 0 fully saturated rings. The van der Waals surface area contributed by atoms with Crippen LogP contribution in [0.15, 0.2) is 16.8 Å². The molecule has 0 radical (unpaired) electrons. The van der Waals surface area contributed by atoms with Crippen molar-refractivity contribution in [2.45, 2.75) is 13.8 Å². The number of aromatic nitrogens is 3. The fourth-order valence-corrected chi connectivity index (χ4v) is 1.37. The topological polar surface area (TPSA) is 77.8 Å². The maximum absolute atomic E-state index is 5.58. The van der Waals surface area contributed by atoms with E-state index < -0.39 is 0 Å². The molecule has 2 aromatic rings. The predicted octanol–water partition coefficient (Wildman–Crippen LogP) is 1.33. The molecule has 0 atom stereocenters. The third-order valence-electron chi connectivity index (χ3n) is 1.87. The van der Waals surface area contributed by atoms with Crippen molar-refractivity contribution in [3.05, 3.63) is 23.5 Å². The Balaban J connectivity index is 2.57. The van der Waals surface area contributed by atoms with Crippen LogP contribution in [0, 0.1) is 13.8 Å². The van der Waals surface area contributed by atoms with E-state index in [0.29, 0.717) is 11.5 Å². The van der Waals surface area contributed by atoms with Gasteiger partial charge in [-0.15, -0.1) is 0 Å². The van der Waals surface area contributed by atoms with Gasteiger partial charge in [-0.3, -0.25) is 4.98 Å². The van der Waals surface area contributed by atoms with Gasteiger partial charge in [-0.2, -0.15) is 0 Å². The fourth-order valence-electron chi connectivity index (χ4n) is 1.37. The Kier molecular flexibility index (Phi) is 1.92.